The number of rotatable bonds is 6. The number of ether oxygens (including phenoxy) is 1. The number of nitrogens with one attached hydrogen (secondary N) is 1. The highest BCUT2D eigenvalue weighted by molar-refractivity contribution is 6.08. The van der Waals surface area contributed by atoms with E-state index in [0.717, 1.165) is 16.6 Å². The summed E-state index contributed by atoms with van der Waals surface area (Å²) in [6, 6.07) is 17.8. The van der Waals surface area contributed by atoms with Crippen molar-refractivity contribution < 1.29 is 19.4 Å². The number of aliphatic hydroxyl groups excluding tert-OH is 1. The number of hydrogen-bond acceptors (Lipinski definition) is 5. The molecule has 0 aliphatic carbocycles. The van der Waals surface area contributed by atoms with Crippen LogP contribution in [0.2, 0.25) is 0 Å². The van der Waals surface area contributed by atoms with Crippen molar-refractivity contribution in [3.63, 3.8) is 0 Å². The van der Waals surface area contributed by atoms with Gasteiger partial charge < -0.3 is 24.6 Å². The molecule has 3 aromatic rings. The maximum absolute atomic E-state index is 12.6. The molecule has 1 aliphatic heterocycles. The minimum atomic E-state index is -0.559. The van der Waals surface area contributed by atoms with Gasteiger partial charge >= 0.3 is 5.97 Å². The number of methoxy groups -OCH3 is 1. The number of β-amino-alcohol motifs (C(OH)–C–C–N with tert-alkyl or cyclic N) is 1. The zero-order valence-electron chi connectivity index (χ0n) is 16.0. The van der Waals surface area contributed by atoms with Gasteiger partial charge in [0.05, 0.1) is 31.4 Å². The number of hydrogen-bond donors (Lipinski definition) is 2. The van der Waals surface area contributed by atoms with Crippen LogP contribution >= 0.6 is 0 Å². The average molecular weight is 391 g/mol. The summed E-state index contributed by atoms with van der Waals surface area (Å²) in [6.45, 7) is 0.0962. The molecule has 148 valence electrons. The predicted octanol–water partition coefficient (Wildman–Crippen LogP) is 2.30. The molecule has 2 aromatic carbocycles. The van der Waals surface area contributed by atoms with Gasteiger partial charge in [-0.3, -0.25) is 4.79 Å². The number of nitrogens with zero attached hydrogens (tertiary/aromatic N) is 2. The molecule has 1 aliphatic rings. The van der Waals surface area contributed by atoms with E-state index in [-0.39, 0.29) is 36.9 Å². The molecule has 2 N–H and O–H groups in total. The van der Waals surface area contributed by atoms with Gasteiger partial charge in [-0.15, -0.1) is 0 Å². The van der Waals surface area contributed by atoms with Crippen LogP contribution in [0.25, 0.3) is 16.6 Å². The first-order valence-electron chi connectivity index (χ1n) is 9.27. The highest BCUT2D eigenvalue weighted by atomic mass is 16.5. The van der Waals surface area contributed by atoms with Gasteiger partial charge in [-0.1, -0.05) is 18.2 Å². The van der Waals surface area contributed by atoms with Crippen molar-refractivity contribution in [1.82, 2.24) is 9.47 Å². The van der Waals surface area contributed by atoms with Crippen molar-refractivity contribution in [1.29, 1.82) is 0 Å². The second kappa shape index (κ2) is 7.81. The van der Waals surface area contributed by atoms with E-state index in [9.17, 15) is 9.59 Å². The van der Waals surface area contributed by atoms with E-state index in [4.69, 9.17) is 9.84 Å². The van der Waals surface area contributed by atoms with Crippen molar-refractivity contribution in [3.8, 4) is 5.69 Å². The Balaban J connectivity index is 1.60. The van der Waals surface area contributed by atoms with Crippen LogP contribution in [0.1, 0.15) is 0 Å². The summed E-state index contributed by atoms with van der Waals surface area (Å²) in [5.41, 5.74) is 3.21. The third kappa shape index (κ3) is 3.48. The topological polar surface area (TPSA) is 83.8 Å². The molecule has 0 saturated carbocycles. The second-order valence-electron chi connectivity index (χ2n) is 6.71. The number of aliphatic hydroxyl groups is 1. The molecule has 0 bridgehead atoms. The fourth-order valence-electron chi connectivity index (χ4n) is 3.51. The molecule has 4 rings (SSSR count). The van der Waals surface area contributed by atoms with Gasteiger partial charge in [-0.25, -0.2) is 4.79 Å². The summed E-state index contributed by atoms with van der Waals surface area (Å²) in [7, 11) is 1.28. The summed E-state index contributed by atoms with van der Waals surface area (Å²) in [6.07, 6.45) is 2.01. The van der Waals surface area contributed by atoms with Gasteiger partial charge in [0.15, 0.2) is 0 Å². The minimum absolute atomic E-state index is 0.113. The van der Waals surface area contributed by atoms with Gasteiger partial charge in [0.1, 0.15) is 5.70 Å². The van der Waals surface area contributed by atoms with E-state index in [0.29, 0.717) is 5.69 Å². The quantitative estimate of drug-likeness (QED) is 0.630. The third-order valence-electron chi connectivity index (χ3n) is 4.97. The first-order valence-corrected chi connectivity index (χ1v) is 9.27. The first-order chi connectivity index (χ1) is 14.1. The van der Waals surface area contributed by atoms with Crippen molar-refractivity contribution >= 4 is 28.5 Å². The lowest BCUT2D eigenvalue weighted by atomic mass is 10.2. The first kappa shape index (κ1) is 18.8. The Morgan fingerprint density at radius 3 is 2.62 bits per heavy atom. The Hall–Kier alpha value is -3.58. The van der Waals surface area contributed by atoms with Crippen LogP contribution in [-0.4, -0.2) is 53.3 Å². The molecule has 7 nitrogen and oxygen atoms in total. The summed E-state index contributed by atoms with van der Waals surface area (Å²) >= 11 is 0. The monoisotopic (exact) mass is 391 g/mol. The number of esters is 1. The van der Waals surface area contributed by atoms with Crippen molar-refractivity contribution in [2.75, 3.05) is 32.1 Å². The Bertz CT molecular complexity index is 1100. The number of benzene rings is 2. The Morgan fingerprint density at radius 2 is 1.90 bits per heavy atom. The fourth-order valence-corrected chi connectivity index (χ4v) is 3.51. The van der Waals surface area contributed by atoms with Crippen LogP contribution in [0.4, 0.5) is 5.69 Å². The molecule has 0 atom stereocenters. The standard InChI is InChI=1S/C22H21N3O4/c1-29-22(28)18-14-24(12-13-26)21(27)20(18)23-16-6-8-17(9-7-16)25-11-10-15-4-2-3-5-19(15)25/h2-11,23,26H,12-14H2,1H3. The molecule has 0 spiro atoms. The second-order valence-corrected chi connectivity index (χ2v) is 6.71. The van der Waals surface area contributed by atoms with Gasteiger partial charge in [0.2, 0.25) is 0 Å². The van der Waals surface area contributed by atoms with Gasteiger partial charge in [0.25, 0.3) is 5.91 Å². The van der Waals surface area contributed by atoms with E-state index in [2.05, 4.69) is 28.1 Å². The van der Waals surface area contributed by atoms with E-state index < -0.39 is 5.97 Å². The number of carbonyl (C=O) groups is 2. The maximum atomic E-state index is 12.6. The van der Waals surface area contributed by atoms with E-state index in [1.54, 1.807) is 0 Å². The number of fused-ring (bicyclic) bond motifs is 1. The SMILES string of the molecule is COC(=O)C1=C(Nc2ccc(-n3ccc4ccccc43)cc2)C(=O)N(CCO)C1. The molecular formula is C22H21N3O4. The van der Waals surface area contributed by atoms with Gasteiger partial charge in [0, 0.05) is 24.1 Å². The molecule has 1 amide bonds. The number of anilines is 1. The average Bonchev–Trinajstić information content (AvgIpc) is 3.31. The van der Waals surface area contributed by atoms with Crippen molar-refractivity contribution in [2.45, 2.75) is 0 Å². The van der Waals surface area contributed by atoms with E-state index in [1.165, 1.54) is 12.0 Å². The molecule has 0 saturated heterocycles. The van der Waals surface area contributed by atoms with Gasteiger partial charge in [-0.05, 0) is 41.8 Å². The van der Waals surface area contributed by atoms with Crippen molar-refractivity contribution in [2.24, 2.45) is 0 Å². The molecule has 2 heterocycles. The number of carbonyl (C=O) groups excluding carboxylic acids is 2. The van der Waals surface area contributed by atoms with Gasteiger partial charge in [-0.2, -0.15) is 0 Å². The normalized spacial score (nSPS) is 14.0. The van der Waals surface area contributed by atoms with E-state index >= 15 is 0 Å². The maximum Gasteiger partial charge on any atom is 0.337 e. The zero-order chi connectivity index (χ0) is 20.4. The zero-order valence-corrected chi connectivity index (χ0v) is 16.0. The molecule has 7 heteroatoms. The highest BCUT2D eigenvalue weighted by Crippen LogP contribution is 2.25. The molecule has 0 unspecified atom stereocenters. The highest BCUT2D eigenvalue weighted by Gasteiger charge is 2.34. The smallest absolute Gasteiger partial charge is 0.337 e. The Morgan fingerprint density at radius 1 is 1.14 bits per heavy atom. The van der Waals surface area contributed by atoms with E-state index in [1.807, 2.05) is 42.6 Å². The Labute approximate surface area is 167 Å². The summed E-state index contributed by atoms with van der Waals surface area (Å²) in [5, 5.41) is 13.4. The fraction of sp³-hybridized carbons (Fsp3) is 0.182. The lowest BCUT2D eigenvalue weighted by Crippen LogP contribution is -2.31. The number of amides is 1. The number of aromatic nitrogens is 1. The predicted molar refractivity (Wildman–Crippen MR) is 110 cm³/mol. The number of para-hydroxylation sites is 1. The summed E-state index contributed by atoms with van der Waals surface area (Å²) < 4.78 is 6.89. The molecule has 1 aromatic heterocycles. The molecular weight excluding hydrogens is 370 g/mol. The third-order valence-corrected chi connectivity index (χ3v) is 4.97. The molecule has 29 heavy (non-hydrogen) atoms. The van der Waals surface area contributed by atoms with Crippen LogP contribution in [0.15, 0.2) is 72.1 Å². The van der Waals surface area contributed by atoms with Crippen LogP contribution in [0.3, 0.4) is 0 Å². The van der Waals surface area contributed by atoms with Crippen LogP contribution in [0.5, 0.6) is 0 Å². The minimum Gasteiger partial charge on any atom is -0.466 e. The summed E-state index contributed by atoms with van der Waals surface area (Å²) in [4.78, 5) is 26.1. The van der Waals surface area contributed by atoms with Crippen LogP contribution < -0.4 is 5.32 Å². The van der Waals surface area contributed by atoms with Crippen molar-refractivity contribution in [3.05, 3.63) is 72.1 Å². The van der Waals surface area contributed by atoms with Crippen LogP contribution in [-0.2, 0) is 14.3 Å². The largest absolute Gasteiger partial charge is 0.466 e. The lowest BCUT2D eigenvalue weighted by Gasteiger charge is -2.15. The molecule has 0 radical (unpaired) electrons. The lowest BCUT2D eigenvalue weighted by molar-refractivity contribution is -0.136. The summed E-state index contributed by atoms with van der Waals surface area (Å²) in [5.74, 6) is -0.892. The molecule has 0 fully saturated rings. The Kier molecular flexibility index (Phi) is 5.05. The van der Waals surface area contributed by atoms with Crippen LogP contribution in [0, 0.1) is 0 Å².